The van der Waals surface area contributed by atoms with Crippen LogP contribution in [0.25, 0.3) is 11.0 Å². The predicted octanol–water partition coefficient (Wildman–Crippen LogP) is 3.46. The first-order valence-electron chi connectivity index (χ1n) is 7.85. The Morgan fingerprint density at radius 3 is 2.41 bits per heavy atom. The maximum atomic E-state index is 12.5. The minimum atomic E-state index is -0.177. The SMILES string of the molecule is Cc1ccc(C)c2c(C)c(C(=O)NC(CN)CC(C)C)oc12. The van der Waals surface area contributed by atoms with E-state index in [0.717, 1.165) is 34.1 Å². The van der Waals surface area contributed by atoms with E-state index in [2.05, 4.69) is 25.2 Å². The highest BCUT2D eigenvalue weighted by Gasteiger charge is 2.22. The van der Waals surface area contributed by atoms with E-state index in [1.807, 2.05) is 26.8 Å². The third kappa shape index (κ3) is 3.17. The van der Waals surface area contributed by atoms with Crippen molar-refractivity contribution in [2.45, 2.75) is 47.1 Å². The van der Waals surface area contributed by atoms with Gasteiger partial charge in [0.25, 0.3) is 5.91 Å². The summed E-state index contributed by atoms with van der Waals surface area (Å²) in [7, 11) is 0. The van der Waals surface area contributed by atoms with Crippen molar-refractivity contribution in [2.75, 3.05) is 6.54 Å². The lowest BCUT2D eigenvalue weighted by Gasteiger charge is -2.18. The molecule has 3 N–H and O–H groups in total. The molecule has 1 aromatic carbocycles. The van der Waals surface area contributed by atoms with Gasteiger partial charge in [0.1, 0.15) is 5.58 Å². The molecule has 1 aromatic heterocycles. The highest BCUT2D eigenvalue weighted by Crippen LogP contribution is 2.30. The molecular weight excluding hydrogens is 276 g/mol. The number of fused-ring (bicyclic) bond motifs is 1. The molecule has 0 spiro atoms. The zero-order chi connectivity index (χ0) is 16.4. The molecule has 1 amide bonds. The molecule has 0 aliphatic carbocycles. The van der Waals surface area contributed by atoms with Crippen LogP contribution in [0.2, 0.25) is 0 Å². The van der Waals surface area contributed by atoms with E-state index in [-0.39, 0.29) is 11.9 Å². The fourth-order valence-corrected chi connectivity index (χ4v) is 2.93. The Bertz CT molecular complexity index is 686. The summed E-state index contributed by atoms with van der Waals surface area (Å²) in [5, 5.41) is 4.04. The van der Waals surface area contributed by atoms with Crippen LogP contribution < -0.4 is 11.1 Å². The van der Waals surface area contributed by atoms with Crippen LogP contribution >= 0.6 is 0 Å². The Balaban J connectivity index is 2.34. The van der Waals surface area contributed by atoms with Crippen LogP contribution in [0.5, 0.6) is 0 Å². The molecule has 0 aliphatic heterocycles. The molecule has 0 fully saturated rings. The highest BCUT2D eigenvalue weighted by molar-refractivity contribution is 6.00. The predicted molar refractivity (Wildman–Crippen MR) is 90.2 cm³/mol. The summed E-state index contributed by atoms with van der Waals surface area (Å²) in [6.45, 7) is 10.6. The van der Waals surface area contributed by atoms with E-state index in [0.29, 0.717) is 18.2 Å². The highest BCUT2D eigenvalue weighted by atomic mass is 16.3. The van der Waals surface area contributed by atoms with Crippen LogP contribution in [0.4, 0.5) is 0 Å². The number of nitrogens with one attached hydrogen (secondary N) is 1. The van der Waals surface area contributed by atoms with Gasteiger partial charge >= 0.3 is 0 Å². The van der Waals surface area contributed by atoms with Gasteiger partial charge in [-0.2, -0.15) is 0 Å². The lowest BCUT2D eigenvalue weighted by molar-refractivity contribution is 0.0907. The zero-order valence-corrected chi connectivity index (χ0v) is 14.1. The molecule has 0 bridgehead atoms. The van der Waals surface area contributed by atoms with Gasteiger partial charge in [0.05, 0.1) is 0 Å². The molecule has 120 valence electrons. The molecule has 0 aliphatic rings. The maximum absolute atomic E-state index is 12.5. The second kappa shape index (κ2) is 6.53. The van der Waals surface area contributed by atoms with Crippen molar-refractivity contribution in [3.8, 4) is 0 Å². The van der Waals surface area contributed by atoms with E-state index >= 15 is 0 Å². The van der Waals surface area contributed by atoms with E-state index in [4.69, 9.17) is 10.2 Å². The fraction of sp³-hybridized carbons (Fsp3) is 0.500. The number of hydrogen-bond acceptors (Lipinski definition) is 3. The Morgan fingerprint density at radius 1 is 1.23 bits per heavy atom. The van der Waals surface area contributed by atoms with E-state index in [1.54, 1.807) is 0 Å². The van der Waals surface area contributed by atoms with Gasteiger partial charge in [-0.3, -0.25) is 4.79 Å². The largest absolute Gasteiger partial charge is 0.450 e. The Labute approximate surface area is 132 Å². The summed E-state index contributed by atoms with van der Waals surface area (Å²) in [5.74, 6) is 0.702. The quantitative estimate of drug-likeness (QED) is 0.888. The molecular formula is C18H26N2O2. The average molecular weight is 302 g/mol. The number of furan rings is 1. The Kier molecular flexibility index (Phi) is 4.91. The summed E-state index contributed by atoms with van der Waals surface area (Å²) in [6.07, 6.45) is 0.861. The van der Waals surface area contributed by atoms with E-state index in [9.17, 15) is 4.79 Å². The molecule has 0 saturated heterocycles. The number of carbonyl (C=O) groups excluding carboxylic acids is 1. The lowest BCUT2D eigenvalue weighted by atomic mass is 10.0. The molecule has 22 heavy (non-hydrogen) atoms. The van der Waals surface area contributed by atoms with Crippen LogP contribution in [-0.4, -0.2) is 18.5 Å². The monoisotopic (exact) mass is 302 g/mol. The average Bonchev–Trinajstić information content (AvgIpc) is 2.81. The van der Waals surface area contributed by atoms with Crippen LogP contribution in [0.3, 0.4) is 0 Å². The minimum absolute atomic E-state index is 0.0256. The van der Waals surface area contributed by atoms with Crippen molar-refractivity contribution in [3.05, 3.63) is 34.6 Å². The van der Waals surface area contributed by atoms with Gasteiger partial charge in [-0.1, -0.05) is 26.0 Å². The molecule has 0 saturated carbocycles. The van der Waals surface area contributed by atoms with Crippen molar-refractivity contribution >= 4 is 16.9 Å². The van der Waals surface area contributed by atoms with Crippen LogP contribution in [0.1, 0.15) is 47.5 Å². The number of carbonyl (C=O) groups is 1. The molecule has 4 heteroatoms. The van der Waals surface area contributed by atoms with E-state index in [1.165, 1.54) is 0 Å². The second-order valence-electron chi connectivity index (χ2n) is 6.50. The van der Waals surface area contributed by atoms with Crippen molar-refractivity contribution < 1.29 is 9.21 Å². The number of nitrogens with two attached hydrogens (primary N) is 1. The van der Waals surface area contributed by atoms with Crippen molar-refractivity contribution in [3.63, 3.8) is 0 Å². The normalized spacial score (nSPS) is 12.9. The topological polar surface area (TPSA) is 68.3 Å². The standard InChI is InChI=1S/C18H26N2O2/c1-10(2)8-14(9-19)20-18(21)17-13(5)15-11(3)6-7-12(4)16(15)22-17/h6-7,10,14H,8-9,19H2,1-5H3,(H,20,21). The Hall–Kier alpha value is -1.81. The molecule has 0 radical (unpaired) electrons. The van der Waals surface area contributed by atoms with Gasteiger partial charge < -0.3 is 15.5 Å². The van der Waals surface area contributed by atoms with Crippen molar-refractivity contribution in [2.24, 2.45) is 11.7 Å². The van der Waals surface area contributed by atoms with Gasteiger partial charge in [-0.15, -0.1) is 0 Å². The first-order chi connectivity index (χ1) is 10.3. The number of amides is 1. The summed E-state index contributed by atoms with van der Waals surface area (Å²) in [6, 6.07) is 4.05. The molecule has 4 nitrogen and oxygen atoms in total. The first kappa shape index (κ1) is 16.6. The minimum Gasteiger partial charge on any atom is -0.450 e. The van der Waals surface area contributed by atoms with Gasteiger partial charge in [0.15, 0.2) is 5.76 Å². The number of benzene rings is 1. The summed E-state index contributed by atoms with van der Waals surface area (Å²) in [4.78, 5) is 12.5. The van der Waals surface area contributed by atoms with Gasteiger partial charge in [0, 0.05) is 23.5 Å². The first-order valence-corrected chi connectivity index (χ1v) is 7.85. The number of aryl methyl sites for hydroxylation is 3. The number of hydrogen-bond donors (Lipinski definition) is 2. The summed E-state index contributed by atoms with van der Waals surface area (Å²) in [5.41, 5.74) is 9.63. The fourth-order valence-electron chi connectivity index (χ4n) is 2.93. The van der Waals surface area contributed by atoms with Gasteiger partial charge in [-0.05, 0) is 44.2 Å². The molecule has 1 unspecified atom stereocenters. The van der Waals surface area contributed by atoms with Crippen molar-refractivity contribution in [1.29, 1.82) is 0 Å². The van der Waals surface area contributed by atoms with Gasteiger partial charge in [-0.25, -0.2) is 0 Å². The van der Waals surface area contributed by atoms with Crippen LogP contribution in [-0.2, 0) is 0 Å². The third-order valence-corrected chi connectivity index (χ3v) is 4.06. The van der Waals surface area contributed by atoms with Crippen molar-refractivity contribution in [1.82, 2.24) is 5.32 Å². The summed E-state index contributed by atoms with van der Waals surface area (Å²) < 4.78 is 5.87. The smallest absolute Gasteiger partial charge is 0.287 e. The second-order valence-corrected chi connectivity index (χ2v) is 6.50. The van der Waals surface area contributed by atoms with Crippen LogP contribution in [0.15, 0.2) is 16.5 Å². The maximum Gasteiger partial charge on any atom is 0.287 e. The molecule has 1 heterocycles. The van der Waals surface area contributed by atoms with E-state index < -0.39 is 0 Å². The van der Waals surface area contributed by atoms with Crippen LogP contribution in [0, 0.1) is 26.7 Å². The summed E-state index contributed by atoms with van der Waals surface area (Å²) >= 11 is 0. The lowest BCUT2D eigenvalue weighted by Crippen LogP contribution is -2.41. The molecule has 2 aromatic rings. The molecule has 2 rings (SSSR count). The zero-order valence-electron chi connectivity index (χ0n) is 14.1. The Morgan fingerprint density at radius 2 is 1.86 bits per heavy atom. The number of rotatable bonds is 5. The third-order valence-electron chi connectivity index (χ3n) is 4.06. The van der Waals surface area contributed by atoms with Gasteiger partial charge in [0.2, 0.25) is 0 Å². The molecule has 1 atom stereocenters.